The Labute approximate surface area is 153 Å². The zero-order valence-corrected chi connectivity index (χ0v) is 15.7. The molecule has 0 aliphatic carbocycles. The summed E-state index contributed by atoms with van der Waals surface area (Å²) < 4.78 is 45.7. The van der Waals surface area contributed by atoms with Crippen molar-refractivity contribution >= 4 is 15.9 Å². The van der Waals surface area contributed by atoms with E-state index in [1.165, 1.54) is 22.5 Å². The number of benzene rings is 1. The third kappa shape index (κ3) is 4.24. The summed E-state index contributed by atoms with van der Waals surface area (Å²) in [6, 6.07) is 3.82. The van der Waals surface area contributed by atoms with Gasteiger partial charge in [-0.25, -0.2) is 12.8 Å². The number of hydrogen-bond acceptors (Lipinski definition) is 4. The fourth-order valence-electron chi connectivity index (χ4n) is 3.45. The first-order valence-corrected chi connectivity index (χ1v) is 10.5. The summed E-state index contributed by atoms with van der Waals surface area (Å²) in [4.78, 5) is 12.4. The van der Waals surface area contributed by atoms with E-state index in [2.05, 4.69) is 5.32 Å². The van der Waals surface area contributed by atoms with Crippen LogP contribution in [0.15, 0.2) is 23.1 Å². The Balaban J connectivity index is 1.55. The van der Waals surface area contributed by atoms with E-state index in [0.717, 1.165) is 19.4 Å². The van der Waals surface area contributed by atoms with Gasteiger partial charge in [0.15, 0.2) is 0 Å². The highest BCUT2D eigenvalue weighted by molar-refractivity contribution is 7.89. The number of nitrogens with zero attached hydrogens (tertiary/aromatic N) is 1. The lowest BCUT2D eigenvalue weighted by atomic mass is 9.97. The second-order valence-electron chi connectivity index (χ2n) is 6.97. The quantitative estimate of drug-likeness (QED) is 0.840. The van der Waals surface area contributed by atoms with Crippen LogP contribution in [0.3, 0.4) is 0 Å². The zero-order chi connectivity index (χ0) is 18.7. The van der Waals surface area contributed by atoms with E-state index in [-0.39, 0.29) is 35.9 Å². The molecule has 0 bridgehead atoms. The monoisotopic (exact) mass is 384 g/mol. The largest absolute Gasteiger partial charge is 0.376 e. The number of carbonyl (C=O) groups is 1. The molecular weight excluding hydrogens is 359 g/mol. The molecule has 0 radical (unpaired) electrons. The second kappa shape index (κ2) is 8.02. The lowest BCUT2D eigenvalue weighted by Gasteiger charge is -2.30. The number of ether oxygens (including phenoxy) is 1. The summed E-state index contributed by atoms with van der Waals surface area (Å²) in [5, 5.41) is 2.92. The van der Waals surface area contributed by atoms with Gasteiger partial charge >= 0.3 is 0 Å². The molecule has 2 fully saturated rings. The van der Waals surface area contributed by atoms with Gasteiger partial charge in [0, 0.05) is 32.2 Å². The molecule has 1 N–H and O–H groups in total. The molecular formula is C18H25FN2O4S. The van der Waals surface area contributed by atoms with Crippen LogP contribution in [0.1, 0.15) is 31.2 Å². The summed E-state index contributed by atoms with van der Waals surface area (Å²) in [5.41, 5.74) is 0.300. The zero-order valence-electron chi connectivity index (χ0n) is 14.9. The van der Waals surface area contributed by atoms with Crippen LogP contribution in [0.5, 0.6) is 0 Å². The predicted molar refractivity (Wildman–Crippen MR) is 94.6 cm³/mol. The second-order valence-corrected chi connectivity index (χ2v) is 8.91. The predicted octanol–water partition coefficient (Wildman–Crippen LogP) is 1.83. The molecule has 2 aliphatic heterocycles. The number of amides is 1. The Hall–Kier alpha value is -1.51. The highest BCUT2D eigenvalue weighted by Crippen LogP contribution is 2.25. The molecule has 1 amide bonds. The van der Waals surface area contributed by atoms with Crippen molar-refractivity contribution in [3.63, 3.8) is 0 Å². The Morgan fingerprint density at radius 3 is 2.65 bits per heavy atom. The maximum atomic E-state index is 13.4. The molecule has 144 valence electrons. The van der Waals surface area contributed by atoms with E-state index in [0.29, 0.717) is 24.9 Å². The number of halogens is 1. The number of nitrogens with one attached hydrogen (secondary N) is 1. The van der Waals surface area contributed by atoms with Crippen LogP contribution in [-0.2, 0) is 19.6 Å². The molecule has 2 aliphatic rings. The van der Waals surface area contributed by atoms with Crippen molar-refractivity contribution in [3.05, 3.63) is 29.6 Å². The van der Waals surface area contributed by atoms with E-state index >= 15 is 0 Å². The molecule has 2 heterocycles. The van der Waals surface area contributed by atoms with Crippen LogP contribution in [-0.4, -0.2) is 51.0 Å². The highest BCUT2D eigenvalue weighted by Gasteiger charge is 2.32. The van der Waals surface area contributed by atoms with Crippen LogP contribution >= 0.6 is 0 Å². The highest BCUT2D eigenvalue weighted by atomic mass is 32.2. The van der Waals surface area contributed by atoms with E-state index < -0.39 is 15.8 Å². The average Bonchev–Trinajstić information content (AvgIpc) is 3.15. The maximum absolute atomic E-state index is 13.4. The molecule has 0 saturated carbocycles. The molecule has 1 unspecified atom stereocenters. The Kier molecular flexibility index (Phi) is 5.94. The molecule has 1 atom stereocenters. The fraction of sp³-hybridized carbons (Fsp3) is 0.611. The maximum Gasteiger partial charge on any atom is 0.243 e. The van der Waals surface area contributed by atoms with Gasteiger partial charge in [-0.1, -0.05) is 0 Å². The summed E-state index contributed by atoms with van der Waals surface area (Å²) in [7, 11) is -3.66. The third-order valence-corrected chi connectivity index (χ3v) is 7.01. The van der Waals surface area contributed by atoms with E-state index in [1.807, 2.05) is 0 Å². The van der Waals surface area contributed by atoms with Crippen molar-refractivity contribution in [1.29, 1.82) is 0 Å². The summed E-state index contributed by atoms with van der Waals surface area (Å²) in [6.07, 6.45) is 3.06. The minimum atomic E-state index is -3.66. The fourth-order valence-corrected chi connectivity index (χ4v) is 5.00. The first-order chi connectivity index (χ1) is 12.4. The van der Waals surface area contributed by atoms with Crippen LogP contribution < -0.4 is 5.32 Å². The van der Waals surface area contributed by atoms with Gasteiger partial charge in [-0.2, -0.15) is 4.31 Å². The van der Waals surface area contributed by atoms with Gasteiger partial charge in [-0.05, 0) is 56.4 Å². The summed E-state index contributed by atoms with van der Waals surface area (Å²) in [5.74, 6) is -0.640. The number of piperidine rings is 1. The first-order valence-electron chi connectivity index (χ1n) is 9.03. The summed E-state index contributed by atoms with van der Waals surface area (Å²) in [6.45, 7) is 3.39. The number of sulfonamides is 1. The number of rotatable bonds is 5. The topological polar surface area (TPSA) is 75.7 Å². The molecule has 6 nitrogen and oxygen atoms in total. The van der Waals surface area contributed by atoms with Gasteiger partial charge in [0.1, 0.15) is 5.82 Å². The Bertz CT molecular complexity index is 754. The number of carbonyl (C=O) groups excluding carboxylic acids is 1. The van der Waals surface area contributed by atoms with Crippen LogP contribution in [0.25, 0.3) is 0 Å². The van der Waals surface area contributed by atoms with Crippen molar-refractivity contribution < 1.29 is 22.3 Å². The van der Waals surface area contributed by atoms with Crippen LogP contribution in [0.2, 0.25) is 0 Å². The van der Waals surface area contributed by atoms with E-state index in [9.17, 15) is 17.6 Å². The van der Waals surface area contributed by atoms with Gasteiger partial charge in [-0.3, -0.25) is 4.79 Å². The lowest BCUT2D eigenvalue weighted by molar-refractivity contribution is -0.126. The third-order valence-electron chi connectivity index (χ3n) is 5.12. The van der Waals surface area contributed by atoms with E-state index in [1.54, 1.807) is 6.92 Å². The number of aryl methyl sites for hydroxylation is 1. The molecule has 1 aromatic rings. The average molecular weight is 384 g/mol. The Morgan fingerprint density at radius 1 is 1.31 bits per heavy atom. The van der Waals surface area contributed by atoms with Gasteiger partial charge < -0.3 is 10.1 Å². The standard InChI is InChI=1S/C18H25FN2O4S/c1-13-11-16(4-5-17(13)19)26(23,24)21-8-6-14(7-9-21)18(22)20-12-15-3-2-10-25-15/h4-5,11,14-15H,2-3,6-10,12H2,1H3,(H,20,22). The van der Waals surface area contributed by atoms with Gasteiger partial charge in [0.05, 0.1) is 11.0 Å². The SMILES string of the molecule is Cc1cc(S(=O)(=O)N2CCC(C(=O)NCC3CCCO3)CC2)ccc1F. The van der Waals surface area contributed by atoms with Crippen molar-refractivity contribution in [2.75, 3.05) is 26.2 Å². The molecule has 8 heteroatoms. The van der Waals surface area contributed by atoms with Crippen molar-refractivity contribution in [3.8, 4) is 0 Å². The molecule has 26 heavy (non-hydrogen) atoms. The van der Waals surface area contributed by atoms with Gasteiger partial charge in [-0.15, -0.1) is 0 Å². The Morgan fingerprint density at radius 2 is 2.04 bits per heavy atom. The summed E-state index contributed by atoms with van der Waals surface area (Å²) >= 11 is 0. The normalized spacial score (nSPS) is 22.5. The molecule has 1 aromatic carbocycles. The van der Waals surface area contributed by atoms with Crippen LogP contribution in [0.4, 0.5) is 4.39 Å². The number of hydrogen-bond donors (Lipinski definition) is 1. The molecule has 0 spiro atoms. The lowest BCUT2D eigenvalue weighted by Crippen LogP contribution is -2.44. The van der Waals surface area contributed by atoms with Crippen molar-refractivity contribution in [2.45, 2.75) is 43.6 Å². The minimum Gasteiger partial charge on any atom is -0.376 e. The van der Waals surface area contributed by atoms with E-state index in [4.69, 9.17) is 4.74 Å². The molecule has 2 saturated heterocycles. The molecule has 3 rings (SSSR count). The van der Waals surface area contributed by atoms with Crippen molar-refractivity contribution in [1.82, 2.24) is 9.62 Å². The van der Waals surface area contributed by atoms with Gasteiger partial charge in [0.25, 0.3) is 0 Å². The van der Waals surface area contributed by atoms with Crippen LogP contribution in [0, 0.1) is 18.7 Å². The minimum absolute atomic E-state index is 0.0322. The molecule has 0 aromatic heterocycles. The smallest absolute Gasteiger partial charge is 0.243 e. The van der Waals surface area contributed by atoms with Crippen molar-refractivity contribution in [2.24, 2.45) is 5.92 Å². The van der Waals surface area contributed by atoms with Gasteiger partial charge in [0.2, 0.25) is 15.9 Å². The first kappa shape index (κ1) is 19.3.